The fourth-order valence-corrected chi connectivity index (χ4v) is 2.56. The number of carbonyl (C=O) groups is 2. The minimum absolute atomic E-state index is 0.148. The monoisotopic (exact) mass is 310 g/mol. The van der Waals surface area contributed by atoms with Gasteiger partial charge in [-0.3, -0.25) is 9.59 Å². The van der Waals surface area contributed by atoms with Gasteiger partial charge in [0.05, 0.1) is 6.61 Å². The lowest BCUT2D eigenvalue weighted by atomic mass is 10.1. The first kappa shape index (κ1) is 15.1. The number of fused-ring (bicyclic) bond motifs is 1. The van der Waals surface area contributed by atoms with Crippen LogP contribution in [0, 0.1) is 6.92 Å². The van der Waals surface area contributed by atoms with Crippen molar-refractivity contribution in [3.63, 3.8) is 0 Å². The van der Waals surface area contributed by atoms with E-state index in [0.29, 0.717) is 23.5 Å². The van der Waals surface area contributed by atoms with Crippen LogP contribution in [0.5, 0.6) is 5.75 Å². The summed E-state index contributed by atoms with van der Waals surface area (Å²) in [6.07, 6.45) is 0.827. The third-order valence-electron chi connectivity index (χ3n) is 3.76. The van der Waals surface area contributed by atoms with Gasteiger partial charge >= 0.3 is 0 Å². The first-order valence-electron chi connectivity index (χ1n) is 7.48. The van der Waals surface area contributed by atoms with E-state index in [1.807, 2.05) is 25.1 Å². The lowest BCUT2D eigenvalue weighted by Gasteiger charge is -2.11. The van der Waals surface area contributed by atoms with Crippen LogP contribution in [-0.4, -0.2) is 18.4 Å². The Kier molecular flexibility index (Phi) is 4.02. The Balaban J connectivity index is 1.81. The Morgan fingerprint density at radius 2 is 1.91 bits per heavy atom. The van der Waals surface area contributed by atoms with Crippen molar-refractivity contribution in [1.29, 1.82) is 0 Å². The Morgan fingerprint density at radius 1 is 1.09 bits per heavy atom. The van der Waals surface area contributed by atoms with Crippen LogP contribution in [0.1, 0.15) is 28.4 Å². The number of hydrogen-bond acceptors (Lipinski definition) is 3. The van der Waals surface area contributed by atoms with E-state index in [0.717, 1.165) is 23.3 Å². The molecule has 2 amide bonds. The highest BCUT2D eigenvalue weighted by Gasteiger charge is 2.15. The molecule has 1 aliphatic rings. The largest absolute Gasteiger partial charge is 0.493 e. The van der Waals surface area contributed by atoms with Gasteiger partial charge in [-0.2, -0.15) is 0 Å². The maximum atomic E-state index is 12.5. The summed E-state index contributed by atoms with van der Waals surface area (Å²) in [4.78, 5) is 23.6. The number of aryl methyl sites for hydroxylation is 1. The molecule has 0 saturated carbocycles. The van der Waals surface area contributed by atoms with E-state index < -0.39 is 0 Å². The van der Waals surface area contributed by atoms with Crippen molar-refractivity contribution in [3.05, 3.63) is 53.1 Å². The maximum Gasteiger partial charge on any atom is 0.255 e. The minimum atomic E-state index is -0.178. The zero-order chi connectivity index (χ0) is 16.4. The van der Waals surface area contributed by atoms with Crippen LogP contribution in [0.25, 0.3) is 0 Å². The number of rotatable bonds is 3. The summed E-state index contributed by atoms with van der Waals surface area (Å²) in [5.41, 5.74) is 3.91. The molecule has 0 aliphatic carbocycles. The number of amides is 2. The molecular formula is C18H18N2O3. The van der Waals surface area contributed by atoms with Crippen LogP contribution in [0.4, 0.5) is 11.4 Å². The molecule has 5 nitrogen and oxygen atoms in total. The molecule has 0 saturated heterocycles. The third-order valence-corrected chi connectivity index (χ3v) is 3.76. The molecule has 2 N–H and O–H groups in total. The highest BCUT2D eigenvalue weighted by atomic mass is 16.5. The van der Waals surface area contributed by atoms with Crippen LogP contribution in [0.3, 0.4) is 0 Å². The second-order valence-electron chi connectivity index (χ2n) is 5.59. The van der Waals surface area contributed by atoms with Crippen LogP contribution in [-0.2, 0) is 11.2 Å². The van der Waals surface area contributed by atoms with Gasteiger partial charge in [-0.1, -0.05) is 6.07 Å². The Hall–Kier alpha value is -2.82. The highest BCUT2D eigenvalue weighted by Crippen LogP contribution is 2.27. The van der Waals surface area contributed by atoms with Crippen LogP contribution < -0.4 is 15.4 Å². The van der Waals surface area contributed by atoms with E-state index in [9.17, 15) is 9.59 Å². The molecule has 0 bridgehead atoms. The minimum Gasteiger partial charge on any atom is -0.493 e. The molecule has 0 spiro atoms. The van der Waals surface area contributed by atoms with Gasteiger partial charge in [0, 0.05) is 30.3 Å². The van der Waals surface area contributed by atoms with Gasteiger partial charge in [-0.05, 0) is 48.4 Å². The summed E-state index contributed by atoms with van der Waals surface area (Å²) in [5, 5.41) is 5.61. The molecule has 23 heavy (non-hydrogen) atoms. The molecule has 5 heteroatoms. The van der Waals surface area contributed by atoms with Gasteiger partial charge < -0.3 is 15.4 Å². The van der Waals surface area contributed by atoms with Gasteiger partial charge in [0.15, 0.2) is 0 Å². The number of benzene rings is 2. The molecule has 2 aromatic carbocycles. The van der Waals surface area contributed by atoms with Gasteiger partial charge in [0.25, 0.3) is 5.91 Å². The fraction of sp³-hybridized carbons (Fsp3) is 0.222. The number of carbonyl (C=O) groups excluding carboxylic acids is 2. The van der Waals surface area contributed by atoms with E-state index in [2.05, 4.69) is 10.6 Å². The molecular weight excluding hydrogens is 292 g/mol. The van der Waals surface area contributed by atoms with Gasteiger partial charge in [-0.25, -0.2) is 0 Å². The lowest BCUT2D eigenvalue weighted by Crippen LogP contribution is -2.13. The summed E-state index contributed by atoms with van der Waals surface area (Å²) < 4.78 is 5.45. The standard InChI is InChI=1S/C18H18N2O3/c1-11-3-5-15(19-12(2)21)10-16(11)20-18(22)14-4-6-17-13(9-14)7-8-23-17/h3-6,9-10H,7-8H2,1-2H3,(H,19,21)(H,20,22). The lowest BCUT2D eigenvalue weighted by molar-refractivity contribution is -0.114. The van der Waals surface area contributed by atoms with E-state index in [4.69, 9.17) is 4.74 Å². The quantitative estimate of drug-likeness (QED) is 0.915. The molecule has 0 radical (unpaired) electrons. The van der Waals surface area contributed by atoms with Crippen molar-refractivity contribution >= 4 is 23.2 Å². The topological polar surface area (TPSA) is 67.4 Å². The van der Waals surface area contributed by atoms with Crippen molar-refractivity contribution in [2.75, 3.05) is 17.2 Å². The molecule has 0 atom stereocenters. The number of anilines is 2. The van der Waals surface area contributed by atoms with Crippen LogP contribution in [0.2, 0.25) is 0 Å². The molecule has 0 aromatic heterocycles. The Labute approximate surface area is 134 Å². The number of nitrogens with one attached hydrogen (secondary N) is 2. The van der Waals surface area contributed by atoms with Gasteiger partial charge in [0.1, 0.15) is 5.75 Å². The van der Waals surface area contributed by atoms with E-state index >= 15 is 0 Å². The number of hydrogen-bond donors (Lipinski definition) is 2. The summed E-state index contributed by atoms with van der Waals surface area (Å²) in [5.74, 6) is 0.526. The molecule has 1 heterocycles. The van der Waals surface area contributed by atoms with Gasteiger partial charge in [0.2, 0.25) is 5.91 Å². The normalized spacial score (nSPS) is 12.3. The first-order chi connectivity index (χ1) is 11.0. The molecule has 118 valence electrons. The summed E-state index contributed by atoms with van der Waals surface area (Å²) in [6, 6.07) is 10.9. The van der Waals surface area contributed by atoms with Gasteiger partial charge in [-0.15, -0.1) is 0 Å². The summed E-state index contributed by atoms with van der Waals surface area (Å²) in [6.45, 7) is 4.02. The smallest absolute Gasteiger partial charge is 0.255 e. The van der Waals surface area contributed by atoms with Crippen molar-refractivity contribution in [2.45, 2.75) is 20.3 Å². The molecule has 0 unspecified atom stereocenters. The van der Waals surface area contributed by atoms with Crippen LogP contribution >= 0.6 is 0 Å². The zero-order valence-electron chi connectivity index (χ0n) is 13.1. The fourth-order valence-electron chi connectivity index (χ4n) is 2.56. The van der Waals surface area contributed by atoms with Crippen molar-refractivity contribution in [3.8, 4) is 5.75 Å². The third kappa shape index (κ3) is 3.34. The van der Waals surface area contributed by atoms with E-state index in [1.165, 1.54) is 6.92 Å². The van der Waals surface area contributed by atoms with Crippen molar-refractivity contribution < 1.29 is 14.3 Å². The molecule has 2 aromatic rings. The SMILES string of the molecule is CC(=O)Nc1ccc(C)c(NC(=O)c2ccc3c(c2)CCO3)c1. The highest BCUT2D eigenvalue weighted by molar-refractivity contribution is 6.05. The number of ether oxygens (including phenoxy) is 1. The zero-order valence-corrected chi connectivity index (χ0v) is 13.1. The second-order valence-corrected chi connectivity index (χ2v) is 5.59. The first-order valence-corrected chi connectivity index (χ1v) is 7.48. The van der Waals surface area contributed by atoms with Crippen molar-refractivity contribution in [2.24, 2.45) is 0 Å². The molecule has 0 fully saturated rings. The second kappa shape index (κ2) is 6.12. The average Bonchev–Trinajstić information content (AvgIpc) is 2.97. The van der Waals surface area contributed by atoms with Crippen molar-refractivity contribution in [1.82, 2.24) is 0 Å². The van der Waals surface area contributed by atoms with Crippen LogP contribution in [0.15, 0.2) is 36.4 Å². The average molecular weight is 310 g/mol. The summed E-state index contributed by atoms with van der Waals surface area (Å²) in [7, 11) is 0. The predicted octanol–water partition coefficient (Wildman–Crippen LogP) is 3.14. The predicted molar refractivity (Wildman–Crippen MR) is 89.1 cm³/mol. The summed E-state index contributed by atoms with van der Waals surface area (Å²) >= 11 is 0. The Morgan fingerprint density at radius 3 is 2.70 bits per heavy atom. The van der Waals surface area contributed by atoms with E-state index in [-0.39, 0.29) is 11.8 Å². The Bertz CT molecular complexity index is 784. The molecule has 1 aliphatic heterocycles. The maximum absolute atomic E-state index is 12.5. The van der Waals surface area contributed by atoms with E-state index in [1.54, 1.807) is 18.2 Å². The molecule has 3 rings (SSSR count).